The summed E-state index contributed by atoms with van der Waals surface area (Å²) >= 11 is 7.40. The molecule has 10 heteroatoms. The number of hydrogen-bond donors (Lipinski definition) is 2. The number of halogens is 2. The Bertz CT molecular complexity index is 1130. The van der Waals surface area contributed by atoms with Crippen LogP contribution in [0.5, 0.6) is 0 Å². The van der Waals surface area contributed by atoms with Crippen LogP contribution in [0.3, 0.4) is 0 Å². The molecule has 2 aromatic carbocycles. The number of amides is 1. The quantitative estimate of drug-likeness (QED) is 0.526. The molecule has 0 aliphatic rings. The highest BCUT2D eigenvalue weighted by Crippen LogP contribution is 2.28. The molecular formula is C20H19ClFN3O3S2. The van der Waals surface area contributed by atoms with Crippen molar-refractivity contribution >= 4 is 38.9 Å². The van der Waals surface area contributed by atoms with Gasteiger partial charge in [0.1, 0.15) is 10.8 Å². The molecule has 0 unspecified atom stereocenters. The summed E-state index contributed by atoms with van der Waals surface area (Å²) in [6.45, 7) is 2.14. The first kappa shape index (κ1) is 22.4. The van der Waals surface area contributed by atoms with Gasteiger partial charge in [-0.1, -0.05) is 23.7 Å². The monoisotopic (exact) mass is 467 g/mol. The summed E-state index contributed by atoms with van der Waals surface area (Å²) in [6.07, 6.45) is -0.0329. The Balaban J connectivity index is 1.50. The summed E-state index contributed by atoms with van der Waals surface area (Å²) in [5, 5.41) is 4.13. The van der Waals surface area contributed by atoms with Gasteiger partial charge >= 0.3 is 0 Å². The van der Waals surface area contributed by atoms with Gasteiger partial charge in [-0.25, -0.2) is 22.5 Å². The molecule has 2 N–H and O–H groups in total. The lowest BCUT2D eigenvalue weighted by atomic mass is 10.1. The number of sulfonamides is 1. The predicted octanol–water partition coefficient (Wildman–Crippen LogP) is 3.90. The van der Waals surface area contributed by atoms with Gasteiger partial charge in [0.2, 0.25) is 15.9 Å². The molecule has 30 heavy (non-hydrogen) atoms. The molecule has 0 fully saturated rings. The third-order valence-electron chi connectivity index (χ3n) is 4.16. The van der Waals surface area contributed by atoms with Crippen LogP contribution in [0.4, 0.5) is 4.39 Å². The van der Waals surface area contributed by atoms with E-state index in [9.17, 15) is 17.6 Å². The van der Waals surface area contributed by atoms with Crippen molar-refractivity contribution < 1.29 is 17.6 Å². The van der Waals surface area contributed by atoms with Crippen LogP contribution in [0, 0.1) is 12.7 Å². The number of hydrogen-bond acceptors (Lipinski definition) is 5. The van der Waals surface area contributed by atoms with Crippen molar-refractivity contribution in [3.63, 3.8) is 0 Å². The zero-order valence-corrected chi connectivity index (χ0v) is 18.4. The molecule has 3 rings (SSSR count). The Morgan fingerprint density at radius 2 is 1.80 bits per heavy atom. The van der Waals surface area contributed by atoms with E-state index in [1.165, 1.54) is 23.5 Å². The number of carbonyl (C=O) groups excluding carboxylic acids is 1. The van der Waals surface area contributed by atoms with Gasteiger partial charge in [-0.15, -0.1) is 11.3 Å². The highest BCUT2D eigenvalue weighted by molar-refractivity contribution is 7.89. The Morgan fingerprint density at radius 3 is 2.47 bits per heavy atom. The molecule has 1 aromatic heterocycles. The van der Waals surface area contributed by atoms with Crippen molar-refractivity contribution in [1.82, 2.24) is 15.0 Å². The molecule has 0 bridgehead atoms. The minimum absolute atomic E-state index is 0.0329. The van der Waals surface area contributed by atoms with Crippen molar-refractivity contribution in [1.29, 1.82) is 0 Å². The van der Waals surface area contributed by atoms with E-state index < -0.39 is 15.8 Å². The summed E-state index contributed by atoms with van der Waals surface area (Å²) in [4.78, 5) is 17.6. The van der Waals surface area contributed by atoms with Gasteiger partial charge in [0.05, 0.1) is 17.1 Å². The number of thiazole rings is 1. The maximum Gasteiger partial charge on any atom is 0.240 e. The van der Waals surface area contributed by atoms with E-state index >= 15 is 0 Å². The number of nitrogens with zero attached hydrogens (tertiary/aromatic N) is 1. The zero-order chi connectivity index (χ0) is 21.7. The van der Waals surface area contributed by atoms with Gasteiger partial charge in [-0.3, -0.25) is 4.79 Å². The molecule has 0 saturated carbocycles. The second kappa shape index (κ2) is 9.65. The van der Waals surface area contributed by atoms with Crippen molar-refractivity contribution in [2.75, 3.05) is 6.54 Å². The van der Waals surface area contributed by atoms with E-state index in [4.69, 9.17) is 11.6 Å². The number of aromatic nitrogens is 1. The Labute approximate surface area is 183 Å². The Morgan fingerprint density at radius 1 is 1.13 bits per heavy atom. The van der Waals surface area contributed by atoms with Crippen LogP contribution in [0.15, 0.2) is 53.4 Å². The fourth-order valence-corrected chi connectivity index (χ4v) is 4.71. The molecule has 0 atom stereocenters. The summed E-state index contributed by atoms with van der Waals surface area (Å²) in [5.41, 5.74) is 1.79. The maximum atomic E-state index is 12.9. The Hall–Kier alpha value is -2.33. The van der Waals surface area contributed by atoms with Crippen LogP contribution >= 0.6 is 22.9 Å². The van der Waals surface area contributed by atoms with Crippen LogP contribution in [0.1, 0.15) is 16.3 Å². The summed E-state index contributed by atoms with van der Waals surface area (Å²) in [7, 11) is -3.79. The lowest BCUT2D eigenvalue weighted by Gasteiger charge is -2.07. The third-order valence-corrected chi connectivity index (χ3v) is 6.86. The molecule has 6 nitrogen and oxygen atoms in total. The summed E-state index contributed by atoms with van der Waals surface area (Å²) in [6, 6.07) is 11.8. The number of rotatable bonds is 8. The largest absolute Gasteiger partial charge is 0.350 e. The van der Waals surface area contributed by atoms with Gasteiger partial charge in [-0.05, 0) is 43.3 Å². The molecule has 0 aliphatic heterocycles. The number of carbonyl (C=O) groups is 1. The molecule has 158 valence electrons. The molecule has 3 aromatic rings. The van der Waals surface area contributed by atoms with Crippen molar-refractivity contribution in [2.45, 2.75) is 24.8 Å². The van der Waals surface area contributed by atoms with Crippen LogP contribution in [0.25, 0.3) is 11.3 Å². The van der Waals surface area contributed by atoms with E-state index in [1.807, 2.05) is 19.1 Å². The fraction of sp³-hybridized carbons (Fsp3) is 0.200. The van der Waals surface area contributed by atoms with Crippen LogP contribution < -0.4 is 10.0 Å². The average molecular weight is 468 g/mol. The lowest BCUT2D eigenvalue weighted by molar-refractivity contribution is -0.121. The highest BCUT2D eigenvalue weighted by atomic mass is 35.5. The lowest BCUT2D eigenvalue weighted by Crippen LogP contribution is -2.30. The number of benzene rings is 2. The van der Waals surface area contributed by atoms with Gasteiger partial charge in [0.15, 0.2) is 0 Å². The van der Waals surface area contributed by atoms with Gasteiger partial charge in [0, 0.05) is 28.4 Å². The smallest absolute Gasteiger partial charge is 0.240 e. The number of nitrogens with one attached hydrogen (secondary N) is 2. The van der Waals surface area contributed by atoms with E-state index in [0.717, 1.165) is 33.3 Å². The summed E-state index contributed by atoms with van der Waals surface area (Å²) < 4.78 is 39.5. The minimum atomic E-state index is -3.79. The van der Waals surface area contributed by atoms with Crippen molar-refractivity contribution in [3.8, 4) is 11.3 Å². The SMILES string of the molecule is Cc1sc(CNC(=O)CCNS(=O)(=O)c2ccc(F)cc2)nc1-c1ccc(Cl)cc1. The first-order chi connectivity index (χ1) is 14.2. The van der Waals surface area contributed by atoms with E-state index in [2.05, 4.69) is 15.0 Å². The standard InChI is InChI=1S/C20H19ClFN3O3S2/c1-13-20(14-2-4-15(21)5-3-14)25-19(29-13)12-23-18(26)10-11-24-30(27,28)17-8-6-16(22)7-9-17/h2-9,24H,10-12H2,1H3,(H,23,26). The zero-order valence-electron chi connectivity index (χ0n) is 16.0. The first-order valence-corrected chi connectivity index (χ1v) is 11.7. The minimum Gasteiger partial charge on any atom is -0.350 e. The van der Waals surface area contributed by atoms with Crippen LogP contribution in [0.2, 0.25) is 5.02 Å². The molecule has 0 spiro atoms. The highest BCUT2D eigenvalue weighted by Gasteiger charge is 2.15. The van der Waals surface area contributed by atoms with E-state index in [-0.39, 0.29) is 30.3 Å². The third kappa shape index (κ3) is 5.85. The van der Waals surface area contributed by atoms with Crippen molar-refractivity contribution in [3.05, 3.63) is 69.3 Å². The molecule has 0 aliphatic carbocycles. The molecular weight excluding hydrogens is 449 g/mol. The van der Waals surface area contributed by atoms with Gasteiger partial charge in [-0.2, -0.15) is 0 Å². The normalized spacial score (nSPS) is 11.4. The second-order valence-corrected chi connectivity index (χ2v) is 9.89. The number of aryl methyl sites for hydroxylation is 1. The van der Waals surface area contributed by atoms with Crippen LogP contribution in [-0.2, 0) is 21.4 Å². The van der Waals surface area contributed by atoms with Crippen LogP contribution in [-0.4, -0.2) is 25.9 Å². The molecule has 0 saturated heterocycles. The Kier molecular flexibility index (Phi) is 7.19. The topological polar surface area (TPSA) is 88.2 Å². The van der Waals surface area contributed by atoms with E-state index in [0.29, 0.717) is 5.02 Å². The molecule has 0 radical (unpaired) electrons. The second-order valence-electron chi connectivity index (χ2n) is 6.40. The van der Waals surface area contributed by atoms with Crippen molar-refractivity contribution in [2.24, 2.45) is 0 Å². The molecule has 1 heterocycles. The van der Waals surface area contributed by atoms with Gasteiger partial charge in [0.25, 0.3) is 0 Å². The van der Waals surface area contributed by atoms with E-state index in [1.54, 1.807) is 12.1 Å². The predicted molar refractivity (Wildman–Crippen MR) is 115 cm³/mol. The molecule has 1 amide bonds. The van der Waals surface area contributed by atoms with Gasteiger partial charge < -0.3 is 5.32 Å². The average Bonchev–Trinajstić information content (AvgIpc) is 3.08. The summed E-state index contributed by atoms with van der Waals surface area (Å²) in [5.74, 6) is -0.831. The first-order valence-electron chi connectivity index (χ1n) is 8.99. The fourth-order valence-electron chi connectivity index (χ4n) is 2.66. The maximum absolute atomic E-state index is 12.9.